The highest BCUT2D eigenvalue weighted by Gasteiger charge is 2.26. The van der Waals surface area contributed by atoms with Crippen molar-refractivity contribution in [3.63, 3.8) is 0 Å². The molecule has 1 aliphatic heterocycles. The van der Waals surface area contributed by atoms with E-state index in [1.54, 1.807) is 0 Å². The lowest BCUT2D eigenvalue weighted by Gasteiger charge is -2.33. The van der Waals surface area contributed by atoms with E-state index in [4.69, 9.17) is 0 Å². The maximum atomic E-state index is 11.7. The van der Waals surface area contributed by atoms with Crippen LogP contribution in [0.3, 0.4) is 0 Å². The molecule has 20 heavy (non-hydrogen) atoms. The number of carbonyl (C=O) groups is 1. The minimum atomic E-state index is -0.158. The molecular weight excluding hydrogens is 252 g/mol. The Bertz CT molecular complexity index is 464. The van der Waals surface area contributed by atoms with Crippen LogP contribution in [0.25, 0.3) is 0 Å². The highest BCUT2D eigenvalue weighted by Crippen LogP contribution is 2.16. The van der Waals surface area contributed by atoms with Crippen molar-refractivity contribution in [3.05, 3.63) is 23.9 Å². The third-order valence-electron chi connectivity index (χ3n) is 3.43. The van der Waals surface area contributed by atoms with Crippen molar-refractivity contribution in [2.75, 3.05) is 18.0 Å². The topological polar surface area (TPSA) is 57.3 Å². The monoisotopic (exact) mass is 276 g/mol. The molecule has 0 bridgehead atoms. The average Bonchev–Trinajstić information content (AvgIpc) is 2.40. The van der Waals surface area contributed by atoms with Gasteiger partial charge in [0.1, 0.15) is 11.9 Å². The number of amides is 1. The smallest absolute Gasteiger partial charge is 0.242 e. The summed E-state index contributed by atoms with van der Waals surface area (Å²) in [5.74, 6) is 0.934. The molecule has 2 rings (SSSR count). The molecule has 0 aromatic carbocycles. The van der Waals surface area contributed by atoms with Gasteiger partial charge in [-0.1, -0.05) is 6.07 Å². The zero-order valence-corrected chi connectivity index (χ0v) is 12.7. The van der Waals surface area contributed by atoms with Crippen LogP contribution in [0, 0.1) is 0 Å². The first-order valence-electron chi connectivity index (χ1n) is 7.11. The number of anilines is 1. The lowest BCUT2D eigenvalue weighted by Crippen LogP contribution is -2.54. The van der Waals surface area contributed by atoms with Crippen LogP contribution in [0.2, 0.25) is 0 Å². The normalized spacial score (nSPS) is 19.9. The lowest BCUT2D eigenvalue weighted by atomic mass is 10.1. The molecule has 1 saturated heterocycles. The van der Waals surface area contributed by atoms with Crippen LogP contribution < -0.4 is 15.5 Å². The van der Waals surface area contributed by atoms with Crippen LogP contribution in [0.4, 0.5) is 5.82 Å². The molecule has 2 heterocycles. The zero-order valence-electron chi connectivity index (χ0n) is 12.7. The molecule has 0 saturated carbocycles. The molecule has 0 aliphatic carbocycles. The summed E-state index contributed by atoms with van der Waals surface area (Å²) >= 11 is 0. The van der Waals surface area contributed by atoms with Gasteiger partial charge in [0.15, 0.2) is 0 Å². The van der Waals surface area contributed by atoms with Crippen molar-refractivity contribution in [1.29, 1.82) is 0 Å². The van der Waals surface area contributed by atoms with E-state index in [9.17, 15) is 4.79 Å². The quantitative estimate of drug-likeness (QED) is 0.873. The lowest BCUT2D eigenvalue weighted by molar-refractivity contribution is -0.122. The number of pyridine rings is 1. The first-order chi connectivity index (χ1) is 9.37. The van der Waals surface area contributed by atoms with E-state index in [1.807, 2.05) is 24.1 Å². The van der Waals surface area contributed by atoms with Crippen molar-refractivity contribution in [2.24, 2.45) is 0 Å². The van der Waals surface area contributed by atoms with Gasteiger partial charge in [-0.25, -0.2) is 4.98 Å². The molecule has 1 aromatic rings. The Morgan fingerprint density at radius 2 is 2.20 bits per heavy atom. The van der Waals surface area contributed by atoms with Crippen molar-refractivity contribution in [2.45, 2.75) is 45.8 Å². The predicted octanol–water partition coefficient (Wildman–Crippen LogP) is 1.29. The number of hydrogen-bond donors (Lipinski definition) is 2. The zero-order chi connectivity index (χ0) is 14.8. The second kappa shape index (κ2) is 5.79. The van der Waals surface area contributed by atoms with Gasteiger partial charge in [0.25, 0.3) is 0 Å². The van der Waals surface area contributed by atoms with E-state index in [0.717, 1.165) is 24.5 Å². The van der Waals surface area contributed by atoms with Crippen molar-refractivity contribution in [1.82, 2.24) is 15.6 Å². The third-order valence-corrected chi connectivity index (χ3v) is 3.43. The number of rotatable bonds is 3. The summed E-state index contributed by atoms with van der Waals surface area (Å²) < 4.78 is 0. The molecule has 1 amide bonds. The third kappa shape index (κ3) is 3.70. The number of carbonyl (C=O) groups excluding carboxylic acids is 1. The number of nitrogens with zero attached hydrogens (tertiary/aromatic N) is 2. The van der Waals surface area contributed by atoms with E-state index in [1.165, 1.54) is 0 Å². The number of nitrogens with one attached hydrogen (secondary N) is 2. The van der Waals surface area contributed by atoms with Gasteiger partial charge in [0.05, 0.1) is 0 Å². The molecule has 5 heteroatoms. The molecule has 5 nitrogen and oxygen atoms in total. The van der Waals surface area contributed by atoms with Gasteiger partial charge in [-0.05, 0) is 39.3 Å². The fraction of sp³-hybridized carbons (Fsp3) is 0.600. The maximum Gasteiger partial charge on any atom is 0.242 e. The molecule has 1 aliphatic rings. The van der Waals surface area contributed by atoms with Gasteiger partial charge in [0, 0.05) is 31.4 Å². The predicted molar refractivity (Wildman–Crippen MR) is 80.6 cm³/mol. The largest absolute Gasteiger partial charge is 0.353 e. The van der Waals surface area contributed by atoms with E-state index < -0.39 is 0 Å². The van der Waals surface area contributed by atoms with Gasteiger partial charge in [-0.15, -0.1) is 0 Å². The second-order valence-electron chi connectivity index (χ2n) is 6.29. The molecule has 1 aromatic heterocycles. The minimum absolute atomic E-state index is 0.0662. The summed E-state index contributed by atoms with van der Waals surface area (Å²) in [6.45, 7) is 10.6. The molecule has 1 fully saturated rings. The first kappa shape index (κ1) is 14.8. The maximum absolute atomic E-state index is 11.7. The summed E-state index contributed by atoms with van der Waals surface area (Å²) in [4.78, 5) is 18.2. The summed E-state index contributed by atoms with van der Waals surface area (Å²) in [7, 11) is 0. The van der Waals surface area contributed by atoms with Crippen LogP contribution in [-0.2, 0) is 11.3 Å². The number of hydrogen-bond acceptors (Lipinski definition) is 4. The average molecular weight is 276 g/mol. The molecule has 1 unspecified atom stereocenters. The molecule has 0 radical (unpaired) electrons. The first-order valence-corrected chi connectivity index (χ1v) is 7.11. The minimum Gasteiger partial charge on any atom is -0.353 e. The van der Waals surface area contributed by atoms with Gasteiger partial charge in [-0.3, -0.25) is 4.79 Å². The van der Waals surface area contributed by atoms with Crippen LogP contribution in [0.5, 0.6) is 0 Å². The number of piperazine rings is 1. The molecule has 0 spiro atoms. The molecule has 2 N–H and O–H groups in total. The van der Waals surface area contributed by atoms with E-state index in [-0.39, 0.29) is 17.5 Å². The molecule has 1 atom stereocenters. The van der Waals surface area contributed by atoms with Crippen LogP contribution in [-0.4, -0.2) is 35.6 Å². The Labute approximate surface area is 120 Å². The summed E-state index contributed by atoms with van der Waals surface area (Å²) in [5.41, 5.74) is 1.25. The molecule has 110 valence electrons. The fourth-order valence-corrected chi connectivity index (χ4v) is 2.15. The second-order valence-corrected chi connectivity index (χ2v) is 6.29. The highest BCUT2D eigenvalue weighted by molar-refractivity contribution is 5.85. The standard InChI is InChI=1S/C15H24N4O/c1-11-14(20)16-7-8-19(11)13-6-5-12(9-17-13)10-18-15(2,3)4/h5-6,9,11,18H,7-8,10H2,1-4H3,(H,16,20). The van der Waals surface area contributed by atoms with Crippen molar-refractivity contribution >= 4 is 11.7 Å². The Balaban J connectivity index is 2.02. The van der Waals surface area contributed by atoms with Gasteiger partial charge >= 0.3 is 0 Å². The van der Waals surface area contributed by atoms with Gasteiger partial charge in [-0.2, -0.15) is 0 Å². The Morgan fingerprint density at radius 3 is 2.80 bits per heavy atom. The van der Waals surface area contributed by atoms with E-state index >= 15 is 0 Å². The van der Waals surface area contributed by atoms with Crippen LogP contribution in [0.15, 0.2) is 18.3 Å². The SMILES string of the molecule is CC1C(=O)NCCN1c1ccc(CNC(C)(C)C)cn1. The summed E-state index contributed by atoms with van der Waals surface area (Å²) in [6.07, 6.45) is 1.88. The molecular formula is C15H24N4O. The van der Waals surface area contributed by atoms with E-state index in [2.05, 4.69) is 42.5 Å². The Hall–Kier alpha value is -1.62. The van der Waals surface area contributed by atoms with Gasteiger partial charge < -0.3 is 15.5 Å². The van der Waals surface area contributed by atoms with Crippen LogP contribution in [0.1, 0.15) is 33.3 Å². The summed E-state index contributed by atoms with van der Waals surface area (Å²) in [6, 6.07) is 3.91. The van der Waals surface area contributed by atoms with Gasteiger partial charge in [0.2, 0.25) is 5.91 Å². The van der Waals surface area contributed by atoms with Crippen molar-refractivity contribution < 1.29 is 4.79 Å². The van der Waals surface area contributed by atoms with Crippen LogP contribution >= 0.6 is 0 Å². The van der Waals surface area contributed by atoms with Crippen molar-refractivity contribution in [3.8, 4) is 0 Å². The Kier molecular flexibility index (Phi) is 4.28. The summed E-state index contributed by atoms with van der Waals surface area (Å²) in [5, 5.41) is 6.30. The highest BCUT2D eigenvalue weighted by atomic mass is 16.2. The Morgan fingerprint density at radius 1 is 1.45 bits per heavy atom. The number of aromatic nitrogens is 1. The van der Waals surface area contributed by atoms with E-state index in [0.29, 0.717) is 6.54 Å². The fourth-order valence-electron chi connectivity index (χ4n) is 2.15.